The van der Waals surface area contributed by atoms with Crippen LogP contribution in [0.1, 0.15) is 50.4 Å². The van der Waals surface area contributed by atoms with Gasteiger partial charge in [-0.25, -0.2) is 4.79 Å². The molecule has 124 valence electrons. The van der Waals surface area contributed by atoms with Crippen molar-refractivity contribution in [2.24, 2.45) is 0 Å². The maximum Gasteiger partial charge on any atom is 0.338 e. The molecule has 2 N–H and O–H groups in total. The summed E-state index contributed by atoms with van der Waals surface area (Å²) in [5, 5.41) is 6.72. The summed E-state index contributed by atoms with van der Waals surface area (Å²) in [5.74, 6) is -0.333. The lowest BCUT2D eigenvalue weighted by atomic mass is 9.93. The van der Waals surface area contributed by atoms with Gasteiger partial charge in [0.25, 0.3) is 0 Å². The molecule has 0 saturated carbocycles. The van der Waals surface area contributed by atoms with Gasteiger partial charge >= 0.3 is 5.97 Å². The molecule has 0 saturated heterocycles. The van der Waals surface area contributed by atoms with E-state index in [2.05, 4.69) is 36.6 Å². The number of hydrogen-bond donors (Lipinski definition) is 2. The van der Waals surface area contributed by atoms with E-state index in [1.807, 2.05) is 33.8 Å². The third kappa shape index (κ3) is 4.10. The summed E-state index contributed by atoms with van der Waals surface area (Å²) in [6.07, 6.45) is 0. The van der Waals surface area contributed by atoms with Gasteiger partial charge < -0.3 is 15.4 Å². The third-order valence-electron chi connectivity index (χ3n) is 3.75. The number of nitrogens with one attached hydrogen (secondary N) is 2. The molecule has 0 aliphatic carbocycles. The summed E-state index contributed by atoms with van der Waals surface area (Å²) in [6, 6.07) is 5.85. The summed E-state index contributed by atoms with van der Waals surface area (Å²) in [4.78, 5) is 12.7. The van der Waals surface area contributed by atoms with Crippen molar-refractivity contribution >= 4 is 23.3 Å². The Hall–Kier alpha value is -1.88. The van der Waals surface area contributed by atoms with Crippen LogP contribution in [0.5, 0.6) is 0 Å². The standard InChI is InChI=1S/C18H24N2O2S/c1-10-7-8-13(9-11(10)2)15-14(12(3)19-17(23)20-15)16(21)22-18(4,5)6/h7-9,15H,1-6H3,(H2,19,20,23). The van der Waals surface area contributed by atoms with Crippen molar-refractivity contribution in [1.29, 1.82) is 0 Å². The highest BCUT2D eigenvalue weighted by Gasteiger charge is 2.33. The Morgan fingerprint density at radius 3 is 2.39 bits per heavy atom. The van der Waals surface area contributed by atoms with Crippen LogP contribution in [-0.2, 0) is 9.53 Å². The first-order valence-corrected chi connectivity index (χ1v) is 8.08. The van der Waals surface area contributed by atoms with E-state index in [0.29, 0.717) is 10.7 Å². The molecule has 1 aromatic rings. The lowest BCUT2D eigenvalue weighted by Crippen LogP contribution is -2.45. The molecular formula is C18H24N2O2S. The van der Waals surface area contributed by atoms with Crippen LogP contribution in [0.3, 0.4) is 0 Å². The number of allylic oxidation sites excluding steroid dienone is 1. The predicted molar refractivity (Wildman–Crippen MR) is 96.1 cm³/mol. The van der Waals surface area contributed by atoms with Gasteiger partial charge in [-0.1, -0.05) is 18.2 Å². The Kier molecular flexibility index (Phi) is 4.80. The molecule has 1 aromatic carbocycles. The van der Waals surface area contributed by atoms with Gasteiger partial charge in [-0.3, -0.25) is 0 Å². The molecule has 0 fully saturated rings. The van der Waals surface area contributed by atoms with Crippen molar-refractivity contribution in [3.63, 3.8) is 0 Å². The lowest BCUT2D eigenvalue weighted by molar-refractivity contribution is -0.150. The summed E-state index contributed by atoms with van der Waals surface area (Å²) >= 11 is 5.26. The Morgan fingerprint density at radius 2 is 1.83 bits per heavy atom. The minimum atomic E-state index is -0.546. The van der Waals surface area contributed by atoms with Gasteiger partial charge in [0.1, 0.15) is 5.60 Å². The Bertz CT molecular complexity index is 687. The number of thiocarbonyl (C=S) groups is 1. The van der Waals surface area contributed by atoms with Crippen LogP contribution < -0.4 is 10.6 Å². The van der Waals surface area contributed by atoms with Crippen LogP contribution in [0.2, 0.25) is 0 Å². The van der Waals surface area contributed by atoms with E-state index in [0.717, 1.165) is 11.3 Å². The molecule has 4 nitrogen and oxygen atoms in total. The predicted octanol–water partition coefficient (Wildman–Crippen LogP) is 3.44. The van der Waals surface area contributed by atoms with Crippen molar-refractivity contribution < 1.29 is 9.53 Å². The highest BCUT2D eigenvalue weighted by atomic mass is 32.1. The number of esters is 1. The van der Waals surface area contributed by atoms with E-state index in [-0.39, 0.29) is 12.0 Å². The highest BCUT2D eigenvalue weighted by Crippen LogP contribution is 2.30. The normalized spacial score (nSPS) is 18.3. The van der Waals surface area contributed by atoms with Crippen molar-refractivity contribution in [2.75, 3.05) is 0 Å². The Labute approximate surface area is 143 Å². The molecule has 1 aliphatic heterocycles. The van der Waals surface area contributed by atoms with E-state index in [9.17, 15) is 4.79 Å². The lowest BCUT2D eigenvalue weighted by Gasteiger charge is -2.32. The van der Waals surface area contributed by atoms with Crippen LogP contribution in [0, 0.1) is 13.8 Å². The summed E-state index contributed by atoms with van der Waals surface area (Å²) in [5.41, 5.74) is 4.13. The minimum Gasteiger partial charge on any atom is -0.456 e. The topological polar surface area (TPSA) is 50.4 Å². The Balaban J connectivity index is 2.45. The molecule has 0 radical (unpaired) electrons. The summed E-state index contributed by atoms with van der Waals surface area (Å²) in [7, 11) is 0. The van der Waals surface area contributed by atoms with Crippen molar-refractivity contribution in [3.05, 3.63) is 46.2 Å². The van der Waals surface area contributed by atoms with Gasteiger partial charge in [-0.15, -0.1) is 0 Å². The molecule has 0 spiro atoms. The molecule has 1 heterocycles. The molecule has 2 rings (SSSR count). The van der Waals surface area contributed by atoms with E-state index >= 15 is 0 Å². The van der Waals surface area contributed by atoms with Crippen LogP contribution in [0.25, 0.3) is 0 Å². The smallest absolute Gasteiger partial charge is 0.338 e. The second-order valence-corrected chi connectivity index (χ2v) is 7.32. The number of carbonyl (C=O) groups excluding carboxylic acids is 1. The molecule has 1 unspecified atom stereocenters. The van der Waals surface area contributed by atoms with E-state index in [1.54, 1.807) is 0 Å². The SMILES string of the molecule is CC1=C(C(=O)OC(C)(C)C)C(c2ccc(C)c(C)c2)NC(=S)N1. The average Bonchev–Trinajstić information content (AvgIpc) is 2.38. The maximum absolute atomic E-state index is 12.7. The molecule has 1 aliphatic rings. The second kappa shape index (κ2) is 6.32. The minimum absolute atomic E-state index is 0.308. The summed E-state index contributed by atoms with van der Waals surface area (Å²) in [6.45, 7) is 11.6. The van der Waals surface area contributed by atoms with Gasteiger partial charge in [0.05, 0.1) is 11.6 Å². The van der Waals surface area contributed by atoms with Crippen LogP contribution in [0.15, 0.2) is 29.5 Å². The molecule has 5 heteroatoms. The molecule has 0 amide bonds. The van der Waals surface area contributed by atoms with Crippen LogP contribution in [0.4, 0.5) is 0 Å². The Morgan fingerprint density at radius 1 is 1.17 bits per heavy atom. The molecule has 1 atom stereocenters. The molecule has 0 bridgehead atoms. The number of rotatable bonds is 2. The largest absolute Gasteiger partial charge is 0.456 e. The van der Waals surface area contributed by atoms with Gasteiger partial charge in [-0.05, 0) is 70.5 Å². The maximum atomic E-state index is 12.7. The number of benzene rings is 1. The van der Waals surface area contributed by atoms with E-state index in [1.165, 1.54) is 11.1 Å². The second-order valence-electron chi connectivity index (χ2n) is 6.92. The number of carbonyl (C=O) groups is 1. The molecular weight excluding hydrogens is 308 g/mol. The fraction of sp³-hybridized carbons (Fsp3) is 0.444. The van der Waals surface area contributed by atoms with Gasteiger partial charge in [0.2, 0.25) is 0 Å². The van der Waals surface area contributed by atoms with Crippen LogP contribution >= 0.6 is 12.2 Å². The third-order valence-corrected chi connectivity index (χ3v) is 3.97. The first kappa shape index (κ1) is 17.5. The van der Waals surface area contributed by atoms with Crippen molar-refractivity contribution in [3.8, 4) is 0 Å². The van der Waals surface area contributed by atoms with Crippen molar-refractivity contribution in [2.45, 2.75) is 53.2 Å². The van der Waals surface area contributed by atoms with Gasteiger partial charge in [-0.2, -0.15) is 0 Å². The zero-order chi connectivity index (χ0) is 17.4. The van der Waals surface area contributed by atoms with Crippen molar-refractivity contribution in [1.82, 2.24) is 10.6 Å². The zero-order valence-electron chi connectivity index (χ0n) is 14.5. The van der Waals surface area contributed by atoms with Crippen LogP contribution in [-0.4, -0.2) is 16.7 Å². The fourth-order valence-electron chi connectivity index (χ4n) is 2.49. The number of ether oxygens (including phenoxy) is 1. The summed E-state index contributed by atoms with van der Waals surface area (Å²) < 4.78 is 5.57. The zero-order valence-corrected chi connectivity index (χ0v) is 15.4. The first-order valence-electron chi connectivity index (χ1n) is 7.67. The average molecular weight is 332 g/mol. The number of aryl methyl sites for hydroxylation is 2. The van der Waals surface area contributed by atoms with E-state index < -0.39 is 5.60 Å². The number of hydrogen-bond acceptors (Lipinski definition) is 3. The quantitative estimate of drug-likeness (QED) is 0.642. The highest BCUT2D eigenvalue weighted by molar-refractivity contribution is 7.80. The fourth-order valence-corrected chi connectivity index (χ4v) is 2.76. The van der Waals surface area contributed by atoms with Gasteiger partial charge in [0, 0.05) is 5.70 Å². The van der Waals surface area contributed by atoms with Gasteiger partial charge in [0.15, 0.2) is 5.11 Å². The first-order chi connectivity index (χ1) is 10.6. The molecule has 0 aromatic heterocycles. The van der Waals surface area contributed by atoms with E-state index in [4.69, 9.17) is 17.0 Å². The molecule has 23 heavy (non-hydrogen) atoms. The monoisotopic (exact) mass is 332 g/mol.